The van der Waals surface area contributed by atoms with Gasteiger partial charge in [-0.05, 0) is 69.0 Å². The summed E-state index contributed by atoms with van der Waals surface area (Å²) in [5, 5.41) is 6.67. The van der Waals surface area contributed by atoms with Gasteiger partial charge in [0.2, 0.25) is 0 Å². The number of para-hydroxylation sites is 1. The van der Waals surface area contributed by atoms with Crippen molar-refractivity contribution in [3.05, 3.63) is 139 Å². The topological polar surface area (TPSA) is 20.7 Å². The van der Waals surface area contributed by atoms with Crippen LogP contribution in [0.15, 0.2) is 139 Å². The van der Waals surface area contributed by atoms with E-state index in [-0.39, 0.29) is 69.9 Å². The number of aromatic nitrogens is 2. The number of hydrogen-bond donors (Lipinski definition) is 1. The fourth-order valence-electron chi connectivity index (χ4n) is 6.12. The Hall–Kier alpha value is -5.34. The summed E-state index contributed by atoms with van der Waals surface area (Å²) in [6.07, 6.45) is 0. The Bertz CT molecular complexity index is 2860. The van der Waals surface area contributed by atoms with Crippen molar-refractivity contribution in [3.8, 4) is 16.8 Å². The quantitative estimate of drug-likeness (QED) is 0.236. The van der Waals surface area contributed by atoms with Crippen LogP contribution in [0.2, 0.25) is 0 Å². The van der Waals surface area contributed by atoms with E-state index in [2.05, 4.69) is 35.3 Å². The summed E-state index contributed by atoms with van der Waals surface area (Å²) >= 11 is 0. The monoisotopic (exact) mass is 516 g/mol. The molecule has 2 heterocycles. The lowest BCUT2D eigenvalue weighted by Crippen LogP contribution is -1.94. The van der Waals surface area contributed by atoms with Gasteiger partial charge in [0.05, 0.1) is 22.0 Å². The number of nitrogens with zero attached hydrogens (tertiary/aromatic N) is 1. The van der Waals surface area contributed by atoms with Crippen molar-refractivity contribution >= 4 is 65.2 Å². The van der Waals surface area contributed by atoms with Gasteiger partial charge in [-0.1, -0.05) is 103 Å². The van der Waals surface area contributed by atoms with Gasteiger partial charge in [-0.3, -0.25) is 0 Å². The summed E-state index contributed by atoms with van der Waals surface area (Å²) in [7, 11) is 0. The van der Waals surface area contributed by atoms with Crippen molar-refractivity contribution in [1.29, 1.82) is 0 Å². The number of rotatable bonds is 2. The lowest BCUT2D eigenvalue weighted by molar-refractivity contribution is 1.18. The molecule has 186 valence electrons. The van der Waals surface area contributed by atoms with E-state index < -0.39 is 6.04 Å². The zero-order chi connectivity index (χ0) is 33.2. The van der Waals surface area contributed by atoms with Gasteiger partial charge in [0.25, 0.3) is 0 Å². The minimum atomic E-state index is -0.423. The first-order valence-electron chi connectivity index (χ1n) is 17.1. The molecule has 0 aliphatic heterocycles. The lowest BCUT2D eigenvalue weighted by atomic mass is 9.98. The van der Waals surface area contributed by atoms with Crippen LogP contribution >= 0.6 is 0 Å². The summed E-state index contributed by atoms with van der Waals surface area (Å²) in [4.78, 5) is 3.56. The largest absolute Gasteiger partial charge is 0.354 e. The van der Waals surface area contributed by atoms with Gasteiger partial charge in [-0.25, -0.2) is 0 Å². The van der Waals surface area contributed by atoms with Crippen molar-refractivity contribution in [1.82, 2.24) is 9.55 Å². The maximum Gasteiger partial charge on any atom is 0.0645 e. The number of hydrogen-bond acceptors (Lipinski definition) is 0. The first kappa shape index (κ1) is 15.3. The first-order valence-corrected chi connectivity index (χ1v) is 13.1. The minimum Gasteiger partial charge on any atom is -0.354 e. The van der Waals surface area contributed by atoms with Crippen molar-refractivity contribution in [3.63, 3.8) is 0 Å². The first-order chi connectivity index (χ1) is 23.2. The van der Waals surface area contributed by atoms with Gasteiger partial charge in [-0.15, -0.1) is 0 Å². The van der Waals surface area contributed by atoms with Crippen LogP contribution < -0.4 is 0 Å². The summed E-state index contributed by atoms with van der Waals surface area (Å²) in [5.74, 6) is 0. The van der Waals surface area contributed by atoms with Gasteiger partial charge in [-0.2, -0.15) is 0 Å². The number of nitrogens with one attached hydrogen (secondary N) is 1. The second-order valence-corrected chi connectivity index (χ2v) is 10.1. The van der Waals surface area contributed by atoms with Crippen molar-refractivity contribution < 1.29 is 11.0 Å². The zero-order valence-electron chi connectivity index (χ0n) is 29.1. The summed E-state index contributed by atoms with van der Waals surface area (Å²) in [6.45, 7) is 0. The molecule has 0 atom stereocenters. The molecule has 0 unspecified atom stereocenters. The van der Waals surface area contributed by atoms with Crippen LogP contribution in [0.3, 0.4) is 0 Å². The van der Waals surface area contributed by atoms with Crippen LogP contribution in [0.25, 0.3) is 82.0 Å². The number of aromatic amines is 1. The second-order valence-electron chi connectivity index (χ2n) is 10.1. The SMILES string of the molecule is [2H]c1c([2H])c(-n2c3ccccc3c3cc4c(cc32)[nH]c2ccc3ccccc3c24)c([2H])c([2H])c1-c1cccc2c([2H])c([2H])c([2H])c([2H])c12. The van der Waals surface area contributed by atoms with Crippen molar-refractivity contribution in [2.75, 3.05) is 0 Å². The molecule has 7 aromatic carbocycles. The third-order valence-corrected chi connectivity index (χ3v) is 7.90. The fraction of sp³-hybridized carbons (Fsp3) is 0. The van der Waals surface area contributed by atoms with Crippen LogP contribution in [0.5, 0.6) is 0 Å². The highest BCUT2D eigenvalue weighted by Gasteiger charge is 2.16. The molecular formula is C38H24N2. The number of fused-ring (bicyclic) bond motifs is 9. The Labute approximate surface area is 242 Å². The molecule has 0 fully saturated rings. The Morgan fingerprint density at radius 3 is 2.25 bits per heavy atom. The second kappa shape index (κ2) is 8.08. The number of H-pyrrole nitrogens is 1. The molecule has 0 aliphatic carbocycles. The smallest absolute Gasteiger partial charge is 0.0645 e. The van der Waals surface area contributed by atoms with E-state index in [9.17, 15) is 5.48 Å². The highest BCUT2D eigenvalue weighted by molar-refractivity contribution is 6.24. The molecule has 0 spiro atoms. The third kappa shape index (κ3) is 2.99. The molecule has 2 nitrogen and oxygen atoms in total. The summed E-state index contributed by atoms with van der Waals surface area (Å²) in [6, 6.07) is 26.7. The van der Waals surface area contributed by atoms with Crippen molar-refractivity contribution in [2.24, 2.45) is 0 Å². The number of benzene rings is 7. The molecule has 2 aromatic heterocycles. The maximum absolute atomic E-state index is 9.30. The molecule has 0 aliphatic rings. The van der Waals surface area contributed by atoms with Crippen LogP contribution in [-0.2, 0) is 0 Å². The van der Waals surface area contributed by atoms with E-state index in [1.54, 1.807) is 22.8 Å². The van der Waals surface area contributed by atoms with E-state index in [1.165, 1.54) is 0 Å². The van der Waals surface area contributed by atoms with Gasteiger partial charge in [0, 0.05) is 38.3 Å². The predicted molar refractivity (Wildman–Crippen MR) is 171 cm³/mol. The van der Waals surface area contributed by atoms with E-state index >= 15 is 0 Å². The van der Waals surface area contributed by atoms with Crippen LogP contribution in [0.4, 0.5) is 0 Å². The molecule has 9 aromatic rings. The van der Waals surface area contributed by atoms with Gasteiger partial charge >= 0.3 is 0 Å². The molecule has 0 radical (unpaired) electrons. The molecule has 0 amide bonds. The van der Waals surface area contributed by atoms with E-state index in [0.717, 1.165) is 54.4 Å². The van der Waals surface area contributed by atoms with Crippen molar-refractivity contribution in [2.45, 2.75) is 0 Å². The molecule has 9 rings (SSSR count). The third-order valence-electron chi connectivity index (χ3n) is 7.90. The highest BCUT2D eigenvalue weighted by atomic mass is 15.0. The molecule has 2 heteroatoms. The fourth-order valence-corrected chi connectivity index (χ4v) is 6.12. The Morgan fingerprint density at radius 2 is 1.32 bits per heavy atom. The van der Waals surface area contributed by atoms with Crippen LogP contribution in [-0.4, -0.2) is 9.55 Å². The lowest BCUT2D eigenvalue weighted by Gasteiger charge is -2.11. The molecule has 0 bridgehead atoms. The molecule has 40 heavy (non-hydrogen) atoms. The average Bonchev–Trinajstić information content (AvgIpc) is 3.63. The molecule has 1 N–H and O–H groups in total. The Kier molecular flexibility index (Phi) is 3.09. The summed E-state index contributed by atoms with van der Waals surface area (Å²) < 4.78 is 72.3. The van der Waals surface area contributed by atoms with Crippen LogP contribution in [0.1, 0.15) is 11.0 Å². The Balaban J connectivity index is 1.37. The summed E-state index contributed by atoms with van der Waals surface area (Å²) in [5.41, 5.74) is 3.65. The van der Waals surface area contributed by atoms with E-state index in [4.69, 9.17) is 5.48 Å². The van der Waals surface area contributed by atoms with Crippen LogP contribution in [0, 0.1) is 0 Å². The highest BCUT2D eigenvalue weighted by Crippen LogP contribution is 2.39. The standard InChI is InChI=1S/C38H24N2/c1-3-11-28-24(8-1)10-7-14-29(28)26-16-19-27(20-17-26)40-36-15-6-5-13-31(36)32-22-33-35(23-37(32)40)39-34-21-18-25-9-2-4-12-30(25)38(33)34/h1-23,39H/i1D,3D,8D,11D,16D,17D,19D,20D. The van der Waals surface area contributed by atoms with E-state index in [1.807, 2.05) is 42.5 Å². The average molecular weight is 517 g/mol. The maximum atomic E-state index is 9.30. The van der Waals surface area contributed by atoms with E-state index in [0.29, 0.717) is 0 Å². The molecular weight excluding hydrogens is 484 g/mol. The normalized spacial score (nSPS) is 14.8. The minimum absolute atomic E-state index is 0.0185. The van der Waals surface area contributed by atoms with Gasteiger partial charge in [0.1, 0.15) is 0 Å². The van der Waals surface area contributed by atoms with Gasteiger partial charge < -0.3 is 9.55 Å². The zero-order valence-corrected chi connectivity index (χ0v) is 21.1. The Morgan fingerprint density at radius 1 is 0.525 bits per heavy atom. The van der Waals surface area contributed by atoms with Gasteiger partial charge in [0.15, 0.2) is 0 Å². The molecule has 0 saturated carbocycles. The predicted octanol–water partition coefficient (Wildman–Crippen LogP) is 10.4. The molecule has 0 saturated heterocycles.